The summed E-state index contributed by atoms with van der Waals surface area (Å²) >= 11 is 0. The van der Waals surface area contributed by atoms with Crippen LogP contribution in [0.4, 0.5) is 5.82 Å². The molecule has 4 heteroatoms. The van der Waals surface area contributed by atoms with E-state index in [0.29, 0.717) is 0 Å². The number of aromatic nitrogens is 2. The first kappa shape index (κ1) is 8.07. The lowest BCUT2D eigenvalue weighted by Crippen LogP contribution is -2.25. The van der Waals surface area contributed by atoms with Gasteiger partial charge in [0.15, 0.2) is 0 Å². The van der Waals surface area contributed by atoms with Gasteiger partial charge in [0.25, 0.3) is 0 Å². The van der Waals surface area contributed by atoms with Crippen LogP contribution in [-0.2, 0) is 7.05 Å². The Bertz CT molecular complexity index is 216. The second kappa shape index (κ2) is 3.39. The van der Waals surface area contributed by atoms with Gasteiger partial charge in [-0.2, -0.15) is 5.10 Å². The molecule has 0 aliphatic heterocycles. The molecular formula is C7H14N4. The summed E-state index contributed by atoms with van der Waals surface area (Å²) in [6.07, 6.45) is 1.75. The lowest BCUT2D eigenvalue weighted by atomic mass is 10.4. The molecule has 0 saturated carbocycles. The van der Waals surface area contributed by atoms with Gasteiger partial charge in [-0.25, -0.2) is 0 Å². The molecule has 3 N–H and O–H groups in total. The monoisotopic (exact) mass is 154 g/mol. The lowest BCUT2D eigenvalue weighted by molar-refractivity contribution is 0.739. The first-order valence-corrected chi connectivity index (χ1v) is 3.67. The highest BCUT2D eigenvalue weighted by atomic mass is 15.3. The summed E-state index contributed by atoms with van der Waals surface area (Å²) in [6, 6.07) is 2.09. The van der Waals surface area contributed by atoms with E-state index in [-0.39, 0.29) is 6.04 Å². The van der Waals surface area contributed by atoms with Gasteiger partial charge < -0.3 is 11.1 Å². The van der Waals surface area contributed by atoms with Crippen LogP contribution in [0, 0.1) is 0 Å². The number of hydrogen-bond donors (Lipinski definition) is 2. The van der Waals surface area contributed by atoms with Gasteiger partial charge >= 0.3 is 0 Å². The molecule has 1 aromatic rings. The summed E-state index contributed by atoms with van der Waals surface area (Å²) in [6.45, 7) is 2.74. The molecule has 0 spiro atoms. The summed E-state index contributed by atoms with van der Waals surface area (Å²) in [5, 5.41) is 7.18. The van der Waals surface area contributed by atoms with E-state index in [1.807, 2.05) is 20.0 Å². The number of nitrogens with one attached hydrogen (secondary N) is 1. The molecule has 1 aromatic heterocycles. The predicted octanol–water partition coefficient (Wildman–Crippen LogP) is 0.179. The molecule has 1 rings (SSSR count). The van der Waals surface area contributed by atoms with Crippen LogP contribution in [0.25, 0.3) is 0 Å². The van der Waals surface area contributed by atoms with Crippen molar-refractivity contribution in [2.45, 2.75) is 13.0 Å². The van der Waals surface area contributed by atoms with E-state index in [0.717, 1.165) is 12.4 Å². The maximum atomic E-state index is 5.57. The zero-order valence-electron chi connectivity index (χ0n) is 6.91. The quantitative estimate of drug-likeness (QED) is 0.653. The molecule has 0 radical (unpaired) electrons. The highest BCUT2D eigenvalue weighted by Crippen LogP contribution is 2.01. The predicted molar refractivity (Wildman–Crippen MR) is 45.3 cm³/mol. The van der Waals surface area contributed by atoms with Crippen LogP contribution in [0.1, 0.15) is 6.92 Å². The number of hydrogen-bond acceptors (Lipinski definition) is 3. The Kier molecular flexibility index (Phi) is 2.48. The molecule has 0 aromatic carbocycles. The van der Waals surface area contributed by atoms with Crippen molar-refractivity contribution in [2.75, 3.05) is 11.9 Å². The molecule has 0 amide bonds. The summed E-state index contributed by atoms with van der Waals surface area (Å²) in [5.74, 6) is 1.00. The fourth-order valence-corrected chi connectivity index (χ4v) is 0.813. The Balaban J connectivity index is 2.44. The summed E-state index contributed by atoms with van der Waals surface area (Å²) < 4.78 is 1.78. The SMILES string of the molecule is CC(N)CNc1ccnn1C. The maximum absolute atomic E-state index is 5.57. The van der Waals surface area contributed by atoms with Crippen molar-refractivity contribution >= 4 is 5.82 Å². The second-order valence-corrected chi connectivity index (χ2v) is 2.70. The summed E-state index contributed by atoms with van der Waals surface area (Å²) in [4.78, 5) is 0. The van der Waals surface area contributed by atoms with Gasteiger partial charge in [0.2, 0.25) is 0 Å². The van der Waals surface area contributed by atoms with E-state index >= 15 is 0 Å². The van der Waals surface area contributed by atoms with Crippen LogP contribution in [-0.4, -0.2) is 22.4 Å². The van der Waals surface area contributed by atoms with Crippen molar-refractivity contribution < 1.29 is 0 Å². The van der Waals surface area contributed by atoms with Crippen molar-refractivity contribution in [3.63, 3.8) is 0 Å². The minimum atomic E-state index is 0.171. The molecule has 11 heavy (non-hydrogen) atoms. The van der Waals surface area contributed by atoms with Gasteiger partial charge in [-0.1, -0.05) is 0 Å². The van der Waals surface area contributed by atoms with E-state index < -0.39 is 0 Å². The van der Waals surface area contributed by atoms with Gasteiger partial charge in [-0.15, -0.1) is 0 Å². The van der Waals surface area contributed by atoms with Crippen molar-refractivity contribution in [3.05, 3.63) is 12.3 Å². The Labute approximate surface area is 66.4 Å². The third-order valence-corrected chi connectivity index (χ3v) is 1.43. The van der Waals surface area contributed by atoms with Crippen LogP contribution < -0.4 is 11.1 Å². The first-order valence-electron chi connectivity index (χ1n) is 3.67. The Hall–Kier alpha value is -1.03. The topological polar surface area (TPSA) is 55.9 Å². The Morgan fingerprint density at radius 1 is 1.82 bits per heavy atom. The van der Waals surface area contributed by atoms with Gasteiger partial charge in [-0.3, -0.25) is 4.68 Å². The van der Waals surface area contributed by atoms with E-state index in [1.54, 1.807) is 10.9 Å². The smallest absolute Gasteiger partial charge is 0.123 e. The second-order valence-electron chi connectivity index (χ2n) is 2.70. The number of rotatable bonds is 3. The highest BCUT2D eigenvalue weighted by Gasteiger charge is 1.97. The third-order valence-electron chi connectivity index (χ3n) is 1.43. The van der Waals surface area contributed by atoms with Gasteiger partial charge in [0, 0.05) is 25.7 Å². The molecule has 1 atom stereocenters. The summed E-state index contributed by atoms with van der Waals surface area (Å²) in [7, 11) is 1.89. The molecule has 62 valence electrons. The van der Waals surface area contributed by atoms with E-state index in [2.05, 4.69) is 10.4 Å². The molecule has 0 aliphatic carbocycles. The fraction of sp³-hybridized carbons (Fsp3) is 0.571. The largest absolute Gasteiger partial charge is 0.369 e. The van der Waals surface area contributed by atoms with Crippen molar-refractivity contribution in [3.8, 4) is 0 Å². The van der Waals surface area contributed by atoms with E-state index in [1.165, 1.54) is 0 Å². The van der Waals surface area contributed by atoms with Crippen molar-refractivity contribution in [1.82, 2.24) is 9.78 Å². The van der Waals surface area contributed by atoms with Gasteiger partial charge in [0.1, 0.15) is 5.82 Å². The third kappa shape index (κ3) is 2.23. The Morgan fingerprint density at radius 2 is 2.55 bits per heavy atom. The van der Waals surface area contributed by atoms with Crippen molar-refractivity contribution in [2.24, 2.45) is 12.8 Å². The zero-order valence-corrected chi connectivity index (χ0v) is 6.91. The first-order chi connectivity index (χ1) is 5.20. The molecule has 1 unspecified atom stereocenters. The normalized spacial score (nSPS) is 13.0. The van der Waals surface area contributed by atoms with Crippen LogP contribution in [0.3, 0.4) is 0 Å². The molecule has 0 fully saturated rings. The van der Waals surface area contributed by atoms with Crippen LogP contribution in [0.5, 0.6) is 0 Å². The average Bonchev–Trinajstić information content (AvgIpc) is 2.31. The number of anilines is 1. The molecule has 0 saturated heterocycles. The maximum Gasteiger partial charge on any atom is 0.123 e. The minimum absolute atomic E-state index is 0.171. The summed E-state index contributed by atoms with van der Waals surface area (Å²) in [5.41, 5.74) is 5.57. The highest BCUT2D eigenvalue weighted by molar-refractivity contribution is 5.33. The molecular weight excluding hydrogens is 140 g/mol. The molecule has 0 bridgehead atoms. The van der Waals surface area contributed by atoms with Crippen LogP contribution in [0.15, 0.2) is 12.3 Å². The zero-order chi connectivity index (χ0) is 8.27. The molecule has 1 heterocycles. The van der Waals surface area contributed by atoms with E-state index in [4.69, 9.17) is 5.73 Å². The standard InChI is InChI=1S/C7H14N4/c1-6(8)5-9-7-3-4-10-11(7)2/h3-4,6,9H,5,8H2,1-2H3. The minimum Gasteiger partial charge on any atom is -0.369 e. The van der Waals surface area contributed by atoms with Crippen LogP contribution in [0.2, 0.25) is 0 Å². The van der Waals surface area contributed by atoms with Gasteiger partial charge in [0.05, 0.1) is 6.20 Å². The Morgan fingerprint density at radius 3 is 3.00 bits per heavy atom. The number of nitrogens with zero attached hydrogens (tertiary/aromatic N) is 2. The average molecular weight is 154 g/mol. The number of nitrogens with two attached hydrogens (primary N) is 1. The lowest BCUT2D eigenvalue weighted by Gasteiger charge is -2.07. The van der Waals surface area contributed by atoms with Crippen molar-refractivity contribution in [1.29, 1.82) is 0 Å². The molecule has 0 aliphatic rings. The van der Waals surface area contributed by atoms with Gasteiger partial charge in [-0.05, 0) is 6.92 Å². The number of aryl methyl sites for hydroxylation is 1. The van der Waals surface area contributed by atoms with E-state index in [9.17, 15) is 0 Å². The fourth-order valence-electron chi connectivity index (χ4n) is 0.813. The van der Waals surface area contributed by atoms with Crippen LogP contribution >= 0.6 is 0 Å². The molecule has 4 nitrogen and oxygen atoms in total.